The molecule has 0 bridgehead atoms. The summed E-state index contributed by atoms with van der Waals surface area (Å²) in [5.41, 5.74) is 0. The van der Waals surface area contributed by atoms with Gasteiger partial charge in [-0.1, -0.05) is 41.0 Å². The summed E-state index contributed by atoms with van der Waals surface area (Å²) in [6, 6.07) is -0.304. The van der Waals surface area contributed by atoms with Gasteiger partial charge in [0.15, 0.2) is 0 Å². The molecule has 0 aliphatic carbocycles. The molecule has 0 N–H and O–H groups in total. The van der Waals surface area contributed by atoms with Crippen LogP contribution in [0.4, 0.5) is 0 Å². The lowest BCUT2D eigenvalue weighted by atomic mass is 9.89. The summed E-state index contributed by atoms with van der Waals surface area (Å²) in [5.74, 6) is 0.318. The van der Waals surface area contributed by atoms with E-state index in [0.717, 1.165) is 19.3 Å². The van der Waals surface area contributed by atoms with Crippen molar-refractivity contribution in [3.63, 3.8) is 0 Å². The van der Waals surface area contributed by atoms with E-state index >= 15 is 0 Å². The molecular weight excluding hydrogens is 408 g/mol. The van der Waals surface area contributed by atoms with E-state index in [1.807, 2.05) is 32.7 Å². The Morgan fingerprint density at radius 3 is 2.16 bits per heavy atom. The van der Waals surface area contributed by atoms with Crippen molar-refractivity contribution in [3.05, 3.63) is 0 Å². The molecule has 6 atom stereocenters. The van der Waals surface area contributed by atoms with E-state index < -0.39 is 6.10 Å². The summed E-state index contributed by atoms with van der Waals surface area (Å²) < 4.78 is 11.5. The zero-order valence-electron chi connectivity index (χ0n) is 21.7. The Balaban J connectivity index is 3.06. The Morgan fingerprint density at radius 1 is 1.06 bits per heavy atom. The van der Waals surface area contributed by atoms with Gasteiger partial charge in [-0.3, -0.25) is 14.4 Å². The van der Waals surface area contributed by atoms with Crippen LogP contribution in [0.15, 0.2) is 0 Å². The number of hydrogen-bond donors (Lipinski definition) is 0. The molecule has 1 heterocycles. The third-order valence-electron chi connectivity index (χ3n) is 7.11. The van der Waals surface area contributed by atoms with E-state index in [1.54, 1.807) is 26.0 Å². The molecule has 0 radical (unpaired) electrons. The van der Waals surface area contributed by atoms with E-state index in [2.05, 4.69) is 13.8 Å². The first-order chi connectivity index (χ1) is 15.0. The maximum absolute atomic E-state index is 13.4. The molecule has 7 nitrogen and oxygen atoms in total. The number of rotatable bonds is 13. The average Bonchev–Trinajstić information content (AvgIpc) is 3.22. The molecule has 0 spiro atoms. The monoisotopic (exact) mass is 454 g/mol. The minimum atomic E-state index is -0.397. The molecule has 1 fully saturated rings. The van der Waals surface area contributed by atoms with Crippen LogP contribution in [0, 0.1) is 17.8 Å². The maximum atomic E-state index is 13.4. The van der Waals surface area contributed by atoms with Crippen molar-refractivity contribution >= 4 is 17.6 Å². The quantitative estimate of drug-likeness (QED) is 0.425. The zero-order valence-corrected chi connectivity index (χ0v) is 21.7. The van der Waals surface area contributed by atoms with Gasteiger partial charge in [0.1, 0.15) is 5.78 Å². The van der Waals surface area contributed by atoms with Gasteiger partial charge in [0.25, 0.3) is 0 Å². The highest BCUT2D eigenvalue weighted by molar-refractivity contribution is 5.80. The van der Waals surface area contributed by atoms with Crippen LogP contribution in [0.1, 0.15) is 73.6 Å². The van der Waals surface area contributed by atoms with Crippen molar-refractivity contribution in [2.24, 2.45) is 17.8 Å². The Bertz CT molecular complexity index is 623. The third kappa shape index (κ3) is 7.27. The smallest absolute Gasteiger partial charge is 0.225 e. The number of Topliss-reactive ketones (excluding diaryl/α,β-unsaturated/α-hetero) is 1. The van der Waals surface area contributed by atoms with Gasteiger partial charge < -0.3 is 19.3 Å². The van der Waals surface area contributed by atoms with E-state index in [4.69, 9.17) is 9.47 Å². The number of methoxy groups -OCH3 is 2. The number of carbonyl (C=O) groups excluding carboxylic acids is 3. The lowest BCUT2D eigenvalue weighted by Gasteiger charge is -2.39. The SMILES string of the molecule is CC[C@H](C)[C@@H]([C@@H](CC(=O)N1CCC[C@H]1[C@H](OC)[C@@H](C)C(C)=O)OC)N(C)C(=O)CC(C)C. The normalized spacial score (nSPS) is 21.2. The highest BCUT2D eigenvalue weighted by Gasteiger charge is 2.41. The molecule has 1 aliphatic heterocycles. The molecular formula is C25H46N2O5. The summed E-state index contributed by atoms with van der Waals surface area (Å²) in [6.45, 7) is 12.3. The summed E-state index contributed by atoms with van der Waals surface area (Å²) in [7, 11) is 5.05. The lowest BCUT2D eigenvalue weighted by Crippen LogP contribution is -2.52. The van der Waals surface area contributed by atoms with Gasteiger partial charge in [-0.05, 0) is 31.6 Å². The van der Waals surface area contributed by atoms with Gasteiger partial charge in [-0.25, -0.2) is 0 Å². The Hall–Kier alpha value is -1.47. The van der Waals surface area contributed by atoms with Gasteiger partial charge in [0.05, 0.1) is 30.7 Å². The molecule has 32 heavy (non-hydrogen) atoms. The molecule has 0 aromatic heterocycles. The topological polar surface area (TPSA) is 76.2 Å². The summed E-state index contributed by atoms with van der Waals surface area (Å²) in [4.78, 5) is 41.9. The van der Waals surface area contributed by atoms with Crippen LogP contribution in [0.25, 0.3) is 0 Å². The predicted molar refractivity (Wildman–Crippen MR) is 126 cm³/mol. The van der Waals surface area contributed by atoms with Crippen LogP contribution >= 0.6 is 0 Å². The molecule has 1 rings (SSSR count). The van der Waals surface area contributed by atoms with E-state index in [1.165, 1.54) is 0 Å². The summed E-state index contributed by atoms with van der Waals surface area (Å²) in [5, 5.41) is 0. The number of ether oxygens (including phenoxy) is 2. The fraction of sp³-hybridized carbons (Fsp3) is 0.880. The van der Waals surface area contributed by atoms with E-state index in [0.29, 0.717) is 13.0 Å². The number of hydrogen-bond acceptors (Lipinski definition) is 5. The predicted octanol–water partition coefficient (Wildman–Crippen LogP) is 3.54. The average molecular weight is 455 g/mol. The third-order valence-corrected chi connectivity index (χ3v) is 7.11. The van der Waals surface area contributed by atoms with Crippen molar-refractivity contribution < 1.29 is 23.9 Å². The minimum Gasteiger partial charge on any atom is -0.379 e. The second-order valence-corrected chi connectivity index (χ2v) is 9.85. The van der Waals surface area contributed by atoms with Crippen LogP contribution in [0.5, 0.6) is 0 Å². The van der Waals surface area contributed by atoms with Crippen molar-refractivity contribution in [1.82, 2.24) is 9.80 Å². The summed E-state index contributed by atoms with van der Waals surface area (Å²) >= 11 is 0. The minimum absolute atomic E-state index is 0.00448. The molecule has 186 valence electrons. The second kappa shape index (κ2) is 13.3. The van der Waals surface area contributed by atoms with Gasteiger partial charge in [0.2, 0.25) is 11.8 Å². The highest BCUT2D eigenvalue weighted by atomic mass is 16.5. The number of amides is 2. The van der Waals surface area contributed by atoms with Crippen LogP contribution in [-0.4, -0.2) is 79.5 Å². The standard InChI is InChI=1S/C25H46N2O5/c1-10-17(4)24(26(7)22(29)14-16(2)3)21(31-8)15-23(30)27-13-11-12-20(27)25(32-9)18(5)19(6)28/h16-18,20-21,24-25H,10-15H2,1-9H3/t17-,18-,20-,21+,24-,25+/m0/s1. The van der Waals surface area contributed by atoms with Crippen molar-refractivity contribution in [2.45, 2.75) is 97.9 Å². The number of carbonyl (C=O) groups is 3. The van der Waals surface area contributed by atoms with Gasteiger partial charge >= 0.3 is 0 Å². The molecule has 0 aromatic carbocycles. The second-order valence-electron chi connectivity index (χ2n) is 9.85. The fourth-order valence-corrected chi connectivity index (χ4v) is 4.90. The number of nitrogens with zero attached hydrogens (tertiary/aromatic N) is 2. The van der Waals surface area contributed by atoms with Crippen molar-refractivity contribution in [1.29, 1.82) is 0 Å². The highest BCUT2D eigenvalue weighted by Crippen LogP contribution is 2.29. The first-order valence-electron chi connectivity index (χ1n) is 12.1. The molecule has 0 aromatic rings. The largest absolute Gasteiger partial charge is 0.379 e. The van der Waals surface area contributed by atoms with Crippen molar-refractivity contribution in [2.75, 3.05) is 27.8 Å². The van der Waals surface area contributed by atoms with Crippen LogP contribution in [-0.2, 0) is 23.9 Å². The molecule has 0 unspecified atom stereocenters. The molecule has 0 saturated carbocycles. The van der Waals surface area contributed by atoms with Crippen molar-refractivity contribution in [3.8, 4) is 0 Å². The van der Waals surface area contributed by atoms with Crippen LogP contribution in [0.3, 0.4) is 0 Å². The first-order valence-corrected chi connectivity index (χ1v) is 12.1. The van der Waals surface area contributed by atoms with Crippen LogP contribution < -0.4 is 0 Å². The maximum Gasteiger partial charge on any atom is 0.225 e. The fourth-order valence-electron chi connectivity index (χ4n) is 4.90. The van der Waals surface area contributed by atoms with Gasteiger partial charge in [-0.15, -0.1) is 0 Å². The van der Waals surface area contributed by atoms with E-state index in [-0.39, 0.29) is 60.0 Å². The Kier molecular flexibility index (Phi) is 11.9. The Morgan fingerprint density at radius 2 is 1.69 bits per heavy atom. The first kappa shape index (κ1) is 28.6. The molecule has 2 amide bonds. The van der Waals surface area contributed by atoms with Gasteiger partial charge in [0, 0.05) is 40.2 Å². The van der Waals surface area contributed by atoms with E-state index in [9.17, 15) is 14.4 Å². The number of likely N-dealkylation sites (N-methyl/N-ethyl adjacent to an activating group) is 1. The lowest BCUT2D eigenvalue weighted by molar-refractivity contribution is -0.145. The Labute approximate surface area is 195 Å². The van der Waals surface area contributed by atoms with Gasteiger partial charge in [-0.2, -0.15) is 0 Å². The number of likely N-dealkylation sites (tertiary alicyclic amines) is 1. The zero-order chi connectivity index (χ0) is 24.6. The summed E-state index contributed by atoms with van der Waals surface area (Å²) in [6.07, 6.45) is 2.55. The molecule has 1 saturated heterocycles. The molecule has 7 heteroatoms. The van der Waals surface area contributed by atoms with Crippen LogP contribution in [0.2, 0.25) is 0 Å². The molecule has 1 aliphatic rings. The number of ketones is 1.